The van der Waals surface area contributed by atoms with E-state index >= 15 is 0 Å². The van der Waals surface area contributed by atoms with E-state index in [2.05, 4.69) is 11.4 Å². The van der Waals surface area contributed by atoms with Gasteiger partial charge >= 0.3 is 0 Å². The molecule has 1 fully saturated rings. The second-order valence-corrected chi connectivity index (χ2v) is 5.01. The molecule has 2 amide bonds. The average Bonchev–Trinajstić information content (AvgIpc) is 2.45. The third-order valence-electron chi connectivity index (χ3n) is 3.56. The van der Waals surface area contributed by atoms with Gasteiger partial charge in [-0.05, 0) is 12.8 Å². The molecule has 1 aliphatic rings. The Morgan fingerprint density at radius 1 is 1.47 bits per heavy atom. The van der Waals surface area contributed by atoms with E-state index in [9.17, 15) is 14.9 Å². The van der Waals surface area contributed by atoms with Crippen molar-refractivity contribution in [3.05, 3.63) is 0 Å². The molecular formula is C13H21N3O3. The number of ether oxygens (including phenoxy) is 1. The van der Waals surface area contributed by atoms with Gasteiger partial charge in [0.2, 0.25) is 11.8 Å². The molecule has 1 saturated heterocycles. The zero-order chi connectivity index (χ0) is 14.5. The molecule has 0 bridgehead atoms. The van der Waals surface area contributed by atoms with Crippen LogP contribution < -0.4 is 5.32 Å². The number of nitrogens with zero attached hydrogens (tertiary/aromatic N) is 2. The standard InChI is InChI=1S/C13H21N3O3/c1-10(11(17)15-2)8-16(3)12(18)13(9-14)4-6-19-7-5-13/h10H,4-8H2,1-3H3,(H,15,17). The van der Waals surface area contributed by atoms with Crippen LogP contribution in [0, 0.1) is 22.7 Å². The van der Waals surface area contributed by atoms with E-state index < -0.39 is 5.41 Å². The average molecular weight is 267 g/mol. The Bertz CT molecular complexity index is 383. The summed E-state index contributed by atoms with van der Waals surface area (Å²) < 4.78 is 5.21. The SMILES string of the molecule is CNC(=O)C(C)CN(C)C(=O)C1(C#N)CCOCC1. The van der Waals surface area contributed by atoms with E-state index in [0.717, 1.165) is 0 Å². The number of carbonyl (C=O) groups is 2. The van der Waals surface area contributed by atoms with Gasteiger partial charge in [0.1, 0.15) is 5.41 Å². The molecule has 0 saturated carbocycles. The first-order chi connectivity index (χ1) is 8.96. The largest absolute Gasteiger partial charge is 0.381 e. The number of amides is 2. The quantitative estimate of drug-likeness (QED) is 0.786. The Hall–Kier alpha value is -1.61. The molecule has 1 rings (SSSR count). The molecule has 0 radical (unpaired) electrons. The fraction of sp³-hybridized carbons (Fsp3) is 0.769. The summed E-state index contributed by atoms with van der Waals surface area (Å²) in [4.78, 5) is 25.4. The molecule has 19 heavy (non-hydrogen) atoms. The number of nitrogens with one attached hydrogen (secondary N) is 1. The Balaban J connectivity index is 2.70. The van der Waals surface area contributed by atoms with Crippen molar-refractivity contribution in [2.24, 2.45) is 11.3 Å². The first-order valence-electron chi connectivity index (χ1n) is 6.43. The number of carbonyl (C=O) groups excluding carboxylic acids is 2. The third-order valence-corrected chi connectivity index (χ3v) is 3.56. The highest BCUT2D eigenvalue weighted by Gasteiger charge is 2.42. The Kier molecular flexibility index (Phi) is 5.31. The van der Waals surface area contributed by atoms with Gasteiger partial charge in [-0.1, -0.05) is 6.92 Å². The van der Waals surface area contributed by atoms with Crippen LogP contribution in [0.3, 0.4) is 0 Å². The molecule has 6 heteroatoms. The lowest BCUT2D eigenvalue weighted by atomic mass is 9.80. The Labute approximate surface area is 113 Å². The van der Waals surface area contributed by atoms with Crippen LogP contribution in [0.25, 0.3) is 0 Å². The maximum atomic E-state index is 12.4. The summed E-state index contributed by atoms with van der Waals surface area (Å²) in [6, 6.07) is 2.14. The predicted octanol–water partition coefficient (Wildman–Crippen LogP) is 0.147. The zero-order valence-corrected chi connectivity index (χ0v) is 11.7. The highest BCUT2D eigenvalue weighted by molar-refractivity contribution is 5.86. The first kappa shape index (κ1) is 15.4. The van der Waals surface area contributed by atoms with Crippen LogP contribution in [0.4, 0.5) is 0 Å². The predicted molar refractivity (Wildman–Crippen MR) is 69.0 cm³/mol. The number of rotatable bonds is 4. The van der Waals surface area contributed by atoms with Gasteiger partial charge in [-0.15, -0.1) is 0 Å². The van der Waals surface area contributed by atoms with Crippen LogP contribution in [0.2, 0.25) is 0 Å². The molecular weight excluding hydrogens is 246 g/mol. The van der Waals surface area contributed by atoms with Gasteiger partial charge in [0.25, 0.3) is 0 Å². The van der Waals surface area contributed by atoms with Crippen LogP contribution in [0.15, 0.2) is 0 Å². The van der Waals surface area contributed by atoms with Gasteiger partial charge in [-0.3, -0.25) is 9.59 Å². The van der Waals surface area contributed by atoms with Crippen LogP contribution in [-0.4, -0.2) is 50.6 Å². The van der Waals surface area contributed by atoms with Gasteiger partial charge < -0.3 is 15.0 Å². The summed E-state index contributed by atoms with van der Waals surface area (Å²) >= 11 is 0. The summed E-state index contributed by atoms with van der Waals surface area (Å²) in [5.41, 5.74) is -0.991. The number of hydrogen-bond donors (Lipinski definition) is 1. The topological polar surface area (TPSA) is 82.4 Å². The van der Waals surface area contributed by atoms with Crippen molar-refractivity contribution in [2.45, 2.75) is 19.8 Å². The summed E-state index contributed by atoms with van der Waals surface area (Å²) in [5, 5.41) is 11.9. The smallest absolute Gasteiger partial charge is 0.242 e. The molecule has 0 aromatic rings. The van der Waals surface area contributed by atoms with E-state index in [1.165, 1.54) is 4.90 Å². The molecule has 1 atom stereocenters. The minimum atomic E-state index is -0.991. The highest BCUT2D eigenvalue weighted by Crippen LogP contribution is 2.31. The lowest BCUT2D eigenvalue weighted by Gasteiger charge is -2.33. The van der Waals surface area contributed by atoms with Crippen LogP contribution in [-0.2, 0) is 14.3 Å². The minimum Gasteiger partial charge on any atom is -0.381 e. The molecule has 6 nitrogen and oxygen atoms in total. The molecule has 0 aromatic carbocycles. The Morgan fingerprint density at radius 2 is 2.05 bits per heavy atom. The summed E-state index contributed by atoms with van der Waals surface area (Å²) in [6.07, 6.45) is 0.835. The van der Waals surface area contributed by atoms with Crippen molar-refractivity contribution in [2.75, 3.05) is 33.9 Å². The van der Waals surface area contributed by atoms with E-state index in [1.54, 1.807) is 21.0 Å². The molecule has 1 aliphatic heterocycles. The summed E-state index contributed by atoms with van der Waals surface area (Å²) in [7, 11) is 3.20. The normalized spacial score (nSPS) is 19.1. The molecule has 0 aromatic heterocycles. The number of hydrogen-bond acceptors (Lipinski definition) is 4. The maximum absolute atomic E-state index is 12.4. The molecule has 0 aliphatic carbocycles. The maximum Gasteiger partial charge on any atom is 0.242 e. The van der Waals surface area contributed by atoms with Crippen molar-refractivity contribution in [1.82, 2.24) is 10.2 Å². The molecule has 106 valence electrons. The van der Waals surface area contributed by atoms with Crippen molar-refractivity contribution >= 4 is 11.8 Å². The molecule has 1 unspecified atom stereocenters. The van der Waals surface area contributed by atoms with Crippen molar-refractivity contribution < 1.29 is 14.3 Å². The van der Waals surface area contributed by atoms with Crippen LogP contribution >= 0.6 is 0 Å². The molecule has 0 spiro atoms. The monoisotopic (exact) mass is 267 g/mol. The van der Waals surface area contributed by atoms with Gasteiger partial charge in [-0.25, -0.2) is 0 Å². The number of nitriles is 1. The summed E-state index contributed by atoms with van der Waals surface area (Å²) in [6.45, 7) is 2.92. The molecule has 1 heterocycles. The van der Waals surface area contributed by atoms with E-state index in [-0.39, 0.29) is 17.7 Å². The fourth-order valence-electron chi connectivity index (χ4n) is 2.28. The van der Waals surface area contributed by atoms with Gasteiger partial charge in [0, 0.05) is 33.9 Å². The zero-order valence-electron chi connectivity index (χ0n) is 11.7. The van der Waals surface area contributed by atoms with Crippen molar-refractivity contribution in [3.63, 3.8) is 0 Å². The van der Waals surface area contributed by atoms with Gasteiger partial charge in [-0.2, -0.15) is 5.26 Å². The van der Waals surface area contributed by atoms with Crippen molar-refractivity contribution in [3.8, 4) is 6.07 Å². The van der Waals surface area contributed by atoms with E-state index in [4.69, 9.17) is 4.74 Å². The first-order valence-corrected chi connectivity index (χ1v) is 6.43. The van der Waals surface area contributed by atoms with Crippen LogP contribution in [0.5, 0.6) is 0 Å². The third kappa shape index (κ3) is 3.44. The van der Waals surface area contributed by atoms with E-state index in [1.807, 2.05) is 0 Å². The van der Waals surface area contributed by atoms with Crippen LogP contribution in [0.1, 0.15) is 19.8 Å². The van der Waals surface area contributed by atoms with Gasteiger partial charge in [0.15, 0.2) is 0 Å². The highest BCUT2D eigenvalue weighted by atomic mass is 16.5. The second kappa shape index (κ2) is 6.53. The van der Waals surface area contributed by atoms with Gasteiger partial charge in [0.05, 0.1) is 12.0 Å². The van der Waals surface area contributed by atoms with Crippen molar-refractivity contribution in [1.29, 1.82) is 5.26 Å². The fourth-order valence-corrected chi connectivity index (χ4v) is 2.28. The lowest BCUT2D eigenvalue weighted by Crippen LogP contribution is -2.47. The second-order valence-electron chi connectivity index (χ2n) is 5.01. The van der Waals surface area contributed by atoms with E-state index in [0.29, 0.717) is 32.6 Å². The molecule has 1 N–H and O–H groups in total. The Morgan fingerprint density at radius 3 is 2.53 bits per heavy atom. The minimum absolute atomic E-state index is 0.113. The summed E-state index contributed by atoms with van der Waals surface area (Å²) in [5.74, 6) is -0.624. The lowest BCUT2D eigenvalue weighted by molar-refractivity contribution is -0.143.